The average molecular weight is 231 g/mol. The lowest BCUT2D eigenvalue weighted by Gasteiger charge is -2.14. The summed E-state index contributed by atoms with van der Waals surface area (Å²) < 4.78 is 0. The molecule has 1 rings (SSSR count). The van der Waals surface area contributed by atoms with Crippen molar-refractivity contribution in [3.63, 3.8) is 0 Å². The van der Waals surface area contributed by atoms with E-state index in [1.165, 1.54) is 11.0 Å². The standard InChI is InChI=1S/C14H22BNO/c1-10(2)14(17)8-9-16-11(3)12-4-6-13(15)7-5-12/h4-7,10-11,16H,8-9,15H2,1-3H3/t11-/m0/s1. The number of rotatable bonds is 6. The summed E-state index contributed by atoms with van der Waals surface area (Å²) in [4.78, 5) is 11.5. The quantitative estimate of drug-likeness (QED) is 0.745. The molecule has 0 radical (unpaired) electrons. The summed E-state index contributed by atoms with van der Waals surface area (Å²) in [6, 6.07) is 8.81. The topological polar surface area (TPSA) is 29.1 Å². The Labute approximate surface area is 105 Å². The van der Waals surface area contributed by atoms with E-state index in [0.717, 1.165) is 6.54 Å². The first-order chi connectivity index (χ1) is 8.00. The molecule has 17 heavy (non-hydrogen) atoms. The molecular weight excluding hydrogens is 209 g/mol. The fourth-order valence-electron chi connectivity index (χ4n) is 1.67. The van der Waals surface area contributed by atoms with Gasteiger partial charge in [-0.05, 0) is 12.5 Å². The highest BCUT2D eigenvalue weighted by Crippen LogP contribution is 2.10. The molecule has 92 valence electrons. The van der Waals surface area contributed by atoms with E-state index in [9.17, 15) is 4.79 Å². The summed E-state index contributed by atoms with van der Waals surface area (Å²) in [5.74, 6) is 0.472. The lowest BCUT2D eigenvalue weighted by Crippen LogP contribution is -2.23. The second kappa shape index (κ2) is 6.60. The molecule has 0 saturated heterocycles. The van der Waals surface area contributed by atoms with Crippen LogP contribution in [0.15, 0.2) is 24.3 Å². The van der Waals surface area contributed by atoms with E-state index < -0.39 is 0 Å². The molecule has 1 aromatic carbocycles. The Balaban J connectivity index is 2.37. The third-order valence-electron chi connectivity index (χ3n) is 3.04. The molecule has 0 amide bonds. The van der Waals surface area contributed by atoms with Gasteiger partial charge >= 0.3 is 0 Å². The van der Waals surface area contributed by atoms with Crippen molar-refractivity contribution in [2.75, 3.05) is 6.54 Å². The number of nitrogens with one attached hydrogen (secondary N) is 1. The molecule has 0 saturated carbocycles. The highest BCUT2D eigenvalue weighted by atomic mass is 16.1. The maximum atomic E-state index is 11.5. The van der Waals surface area contributed by atoms with Crippen LogP contribution in [0.4, 0.5) is 0 Å². The number of ketones is 1. The third-order valence-corrected chi connectivity index (χ3v) is 3.04. The zero-order valence-corrected chi connectivity index (χ0v) is 11.3. The Morgan fingerprint density at radius 3 is 2.35 bits per heavy atom. The summed E-state index contributed by atoms with van der Waals surface area (Å²) in [7, 11) is 2.09. The van der Waals surface area contributed by atoms with Crippen molar-refractivity contribution in [3.05, 3.63) is 29.8 Å². The summed E-state index contributed by atoms with van der Waals surface area (Å²) >= 11 is 0. The minimum Gasteiger partial charge on any atom is -0.310 e. The van der Waals surface area contributed by atoms with E-state index in [0.29, 0.717) is 18.2 Å². The first kappa shape index (κ1) is 14.0. The van der Waals surface area contributed by atoms with Crippen molar-refractivity contribution in [1.82, 2.24) is 5.32 Å². The minimum absolute atomic E-state index is 0.145. The van der Waals surface area contributed by atoms with Crippen LogP contribution in [-0.4, -0.2) is 20.2 Å². The molecule has 1 aromatic rings. The first-order valence-electron chi connectivity index (χ1n) is 6.33. The van der Waals surface area contributed by atoms with Crippen molar-refractivity contribution < 1.29 is 4.79 Å². The summed E-state index contributed by atoms with van der Waals surface area (Å²) in [6.07, 6.45) is 0.619. The van der Waals surface area contributed by atoms with Gasteiger partial charge in [0.1, 0.15) is 13.6 Å². The van der Waals surface area contributed by atoms with Crippen molar-refractivity contribution in [3.8, 4) is 0 Å². The van der Waals surface area contributed by atoms with Gasteiger partial charge in [0.05, 0.1) is 0 Å². The van der Waals surface area contributed by atoms with Crippen LogP contribution in [-0.2, 0) is 4.79 Å². The van der Waals surface area contributed by atoms with Crippen LogP contribution >= 0.6 is 0 Å². The van der Waals surface area contributed by atoms with Crippen molar-refractivity contribution in [1.29, 1.82) is 0 Å². The van der Waals surface area contributed by atoms with Crippen molar-refractivity contribution in [2.24, 2.45) is 5.92 Å². The van der Waals surface area contributed by atoms with Crippen LogP contribution in [0, 0.1) is 5.92 Å². The molecular formula is C14H22BNO. The second-order valence-corrected chi connectivity index (χ2v) is 4.96. The second-order valence-electron chi connectivity index (χ2n) is 4.96. The lowest BCUT2D eigenvalue weighted by molar-refractivity contribution is -0.121. The van der Waals surface area contributed by atoms with Gasteiger partial charge in [-0.3, -0.25) is 4.79 Å². The predicted octanol–water partition coefficient (Wildman–Crippen LogP) is 1.21. The molecule has 0 aromatic heterocycles. The summed E-state index contributed by atoms with van der Waals surface area (Å²) in [5, 5.41) is 3.38. The van der Waals surface area contributed by atoms with Gasteiger partial charge in [-0.15, -0.1) is 0 Å². The molecule has 1 atom stereocenters. The zero-order chi connectivity index (χ0) is 12.8. The van der Waals surface area contributed by atoms with Crippen LogP contribution in [0.2, 0.25) is 0 Å². The largest absolute Gasteiger partial charge is 0.310 e. The van der Waals surface area contributed by atoms with Gasteiger partial charge in [-0.1, -0.05) is 43.6 Å². The van der Waals surface area contributed by atoms with Crippen LogP contribution in [0.25, 0.3) is 0 Å². The van der Waals surface area contributed by atoms with Gasteiger partial charge in [0, 0.05) is 24.9 Å². The Hall–Kier alpha value is -1.09. The smallest absolute Gasteiger partial charge is 0.139 e. The molecule has 1 N–H and O–H groups in total. The molecule has 0 unspecified atom stereocenters. The maximum Gasteiger partial charge on any atom is 0.139 e. The highest BCUT2D eigenvalue weighted by molar-refractivity contribution is 6.32. The monoisotopic (exact) mass is 231 g/mol. The van der Waals surface area contributed by atoms with Gasteiger partial charge in [0.25, 0.3) is 0 Å². The normalized spacial score (nSPS) is 12.7. The predicted molar refractivity (Wildman–Crippen MR) is 75.5 cm³/mol. The number of carbonyl (C=O) groups is 1. The van der Waals surface area contributed by atoms with E-state index in [4.69, 9.17) is 0 Å². The minimum atomic E-state index is 0.145. The molecule has 0 aliphatic carbocycles. The van der Waals surface area contributed by atoms with Crippen LogP contribution in [0.3, 0.4) is 0 Å². The molecule has 0 aliphatic rings. The zero-order valence-electron chi connectivity index (χ0n) is 11.3. The summed E-state index contributed by atoms with van der Waals surface area (Å²) in [5.41, 5.74) is 2.54. The fraction of sp³-hybridized carbons (Fsp3) is 0.500. The molecule has 0 fully saturated rings. The molecule has 0 heterocycles. The number of benzene rings is 1. The van der Waals surface area contributed by atoms with E-state index in [2.05, 4.69) is 44.4 Å². The van der Waals surface area contributed by atoms with Gasteiger partial charge < -0.3 is 5.32 Å². The van der Waals surface area contributed by atoms with Gasteiger partial charge in [-0.2, -0.15) is 0 Å². The Bertz CT molecular complexity index is 359. The fourth-order valence-corrected chi connectivity index (χ4v) is 1.67. The lowest BCUT2D eigenvalue weighted by atomic mass is 9.94. The molecule has 0 spiro atoms. The molecule has 2 nitrogen and oxygen atoms in total. The number of hydrogen-bond acceptors (Lipinski definition) is 2. The van der Waals surface area contributed by atoms with Gasteiger partial charge in [0.15, 0.2) is 0 Å². The van der Waals surface area contributed by atoms with E-state index in [-0.39, 0.29) is 5.92 Å². The number of Topliss-reactive ketones (excluding diaryl/α,β-unsaturated/α-hetero) is 1. The van der Waals surface area contributed by atoms with Crippen LogP contribution in [0.5, 0.6) is 0 Å². The number of hydrogen-bond donors (Lipinski definition) is 1. The highest BCUT2D eigenvalue weighted by Gasteiger charge is 2.08. The SMILES string of the molecule is Bc1ccc([C@H](C)NCCC(=O)C(C)C)cc1. The Kier molecular flexibility index (Phi) is 5.43. The van der Waals surface area contributed by atoms with Gasteiger partial charge in [0.2, 0.25) is 0 Å². The Morgan fingerprint density at radius 2 is 1.82 bits per heavy atom. The number of carbonyl (C=O) groups excluding carboxylic acids is 1. The van der Waals surface area contributed by atoms with Crippen molar-refractivity contribution in [2.45, 2.75) is 33.2 Å². The third kappa shape index (κ3) is 4.74. The van der Waals surface area contributed by atoms with Crippen LogP contribution < -0.4 is 10.8 Å². The average Bonchev–Trinajstić information content (AvgIpc) is 2.29. The molecule has 0 aliphatic heterocycles. The van der Waals surface area contributed by atoms with E-state index in [1.54, 1.807) is 0 Å². The maximum absolute atomic E-state index is 11.5. The van der Waals surface area contributed by atoms with Crippen molar-refractivity contribution >= 4 is 19.1 Å². The van der Waals surface area contributed by atoms with Crippen LogP contribution in [0.1, 0.15) is 38.8 Å². The first-order valence-corrected chi connectivity index (χ1v) is 6.33. The molecule has 0 bridgehead atoms. The Morgan fingerprint density at radius 1 is 1.24 bits per heavy atom. The van der Waals surface area contributed by atoms with E-state index in [1.807, 2.05) is 13.8 Å². The van der Waals surface area contributed by atoms with E-state index >= 15 is 0 Å². The van der Waals surface area contributed by atoms with Gasteiger partial charge in [-0.25, -0.2) is 0 Å². The molecule has 3 heteroatoms. The summed E-state index contributed by atoms with van der Waals surface area (Å²) in [6.45, 7) is 6.79.